The molecule has 0 unspecified atom stereocenters. The number of Topliss-reactive ketones (excluding diaryl/α,β-unsaturated/α-hetero) is 1. The van der Waals surface area contributed by atoms with Crippen molar-refractivity contribution in [2.24, 2.45) is 11.3 Å². The molecule has 1 N–H and O–H groups in total. The van der Waals surface area contributed by atoms with Crippen LogP contribution in [0, 0.1) is 11.3 Å². The maximum atomic E-state index is 10.8. The summed E-state index contributed by atoms with van der Waals surface area (Å²) >= 11 is 0. The smallest absolute Gasteiger partial charge is 0.303 e. The fourth-order valence-electron chi connectivity index (χ4n) is 1.43. The SMILES string of the molecule is CC(=O)CC[C@H](CC(=O)O)C(C)(C)C. The van der Waals surface area contributed by atoms with Crippen molar-refractivity contribution in [3.05, 3.63) is 0 Å². The van der Waals surface area contributed by atoms with Crippen molar-refractivity contribution in [3.8, 4) is 0 Å². The maximum Gasteiger partial charge on any atom is 0.303 e. The molecule has 0 fully saturated rings. The van der Waals surface area contributed by atoms with Crippen LogP contribution in [0.3, 0.4) is 0 Å². The molecule has 0 bridgehead atoms. The second-order valence-corrected chi connectivity index (χ2v) is 4.90. The number of carbonyl (C=O) groups excluding carboxylic acids is 1. The lowest BCUT2D eigenvalue weighted by Gasteiger charge is -2.29. The van der Waals surface area contributed by atoms with Crippen LogP contribution in [0.1, 0.15) is 47.0 Å². The second-order valence-electron chi connectivity index (χ2n) is 4.90. The molecule has 82 valence electrons. The monoisotopic (exact) mass is 200 g/mol. The van der Waals surface area contributed by atoms with Crippen molar-refractivity contribution in [2.75, 3.05) is 0 Å². The number of carboxylic acid groups (broad SMARTS) is 1. The summed E-state index contributed by atoms with van der Waals surface area (Å²) in [4.78, 5) is 21.4. The quantitative estimate of drug-likeness (QED) is 0.741. The van der Waals surface area contributed by atoms with E-state index in [1.165, 1.54) is 0 Å². The van der Waals surface area contributed by atoms with E-state index >= 15 is 0 Å². The van der Waals surface area contributed by atoms with Crippen LogP contribution < -0.4 is 0 Å². The van der Waals surface area contributed by atoms with Gasteiger partial charge < -0.3 is 9.90 Å². The number of hydrogen-bond acceptors (Lipinski definition) is 2. The highest BCUT2D eigenvalue weighted by molar-refractivity contribution is 5.75. The van der Waals surface area contributed by atoms with Crippen LogP contribution in [0.25, 0.3) is 0 Å². The van der Waals surface area contributed by atoms with E-state index in [0.29, 0.717) is 12.8 Å². The fourth-order valence-corrected chi connectivity index (χ4v) is 1.43. The molecule has 0 aromatic rings. The Bertz CT molecular complexity index is 213. The highest BCUT2D eigenvalue weighted by atomic mass is 16.4. The molecule has 1 atom stereocenters. The van der Waals surface area contributed by atoms with E-state index in [1.807, 2.05) is 20.8 Å². The van der Waals surface area contributed by atoms with Crippen LogP contribution in [-0.2, 0) is 9.59 Å². The Kier molecular flexibility index (Phi) is 4.81. The first-order chi connectivity index (χ1) is 6.23. The predicted octanol–water partition coefficient (Wildman–Crippen LogP) is 2.49. The van der Waals surface area contributed by atoms with Gasteiger partial charge in [0.25, 0.3) is 0 Å². The van der Waals surface area contributed by atoms with Gasteiger partial charge in [-0.25, -0.2) is 0 Å². The first-order valence-electron chi connectivity index (χ1n) is 4.94. The molecule has 0 heterocycles. The summed E-state index contributed by atoms with van der Waals surface area (Å²) in [5, 5.41) is 8.73. The first-order valence-corrected chi connectivity index (χ1v) is 4.94. The first kappa shape index (κ1) is 13.1. The minimum Gasteiger partial charge on any atom is -0.481 e. The van der Waals surface area contributed by atoms with Gasteiger partial charge in [-0.1, -0.05) is 20.8 Å². The van der Waals surface area contributed by atoms with Crippen LogP contribution in [0.4, 0.5) is 0 Å². The molecule has 3 heteroatoms. The van der Waals surface area contributed by atoms with Gasteiger partial charge in [-0.15, -0.1) is 0 Å². The summed E-state index contributed by atoms with van der Waals surface area (Å²) in [5.41, 5.74) is -0.0478. The molecular formula is C11H20O3. The molecule has 0 radical (unpaired) electrons. The third-order valence-corrected chi connectivity index (χ3v) is 2.49. The van der Waals surface area contributed by atoms with Crippen LogP contribution in [-0.4, -0.2) is 16.9 Å². The highest BCUT2D eigenvalue weighted by Gasteiger charge is 2.26. The van der Waals surface area contributed by atoms with E-state index in [2.05, 4.69) is 0 Å². The molecule has 0 aliphatic carbocycles. The Morgan fingerprint density at radius 1 is 1.29 bits per heavy atom. The van der Waals surface area contributed by atoms with E-state index in [0.717, 1.165) is 0 Å². The van der Waals surface area contributed by atoms with E-state index in [1.54, 1.807) is 6.92 Å². The van der Waals surface area contributed by atoms with Crippen molar-refractivity contribution in [1.29, 1.82) is 0 Å². The average Bonchev–Trinajstić information content (AvgIpc) is 1.94. The molecule has 3 nitrogen and oxygen atoms in total. The fraction of sp³-hybridized carbons (Fsp3) is 0.818. The van der Waals surface area contributed by atoms with Crippen molar-refractivity contribution < 1.29 is 14.7 Å². The molecule has 0 saturated heterocycles. The topological polar surface area (TPSA) is 54.4 Å². The largest absolute Gasteiger partial charge is 0.481 e. The van der Waals surface area contributed by atoms with Gasteiger partial charge in [0.05, 0.1) is 0 Å². The minimum atomic E-state index is -0.784. The van der Waals surface area contributed by atoms with Crippen molar-refractivity contribution in [3.63, 3.8) is 0 Å². The highest BCUT2D eigenvalue weighted by Crippen LogP contribution is 2.32. The summed E-state index contributed by atoms with van der Waals surface area (Å²) in [6.07, 6.45) is 1.30. The zero-order valence-corrected chi connectivity index (χ0v) is 9.46. The van der Waals surface area contributed by atoms with E-state index in [9.17, 15) is 9.59 Å². The number of carbonyl (C=O) groups is 2. The number of ketones is 1. The van der Waals surface area contributed by atoms with E-state index in [4.69, 9.17) is 5.11 Å². The van der Waals surface area contributed by atoms with Crippen molar-refractivity contribution in [2.45, 2.75) is 47.0 Å². The third kappa shape index (κ3) is 5.73. The zero-order valence-electron chi connectivity index (χ0n) is 9.46. The summed E-state index contributed by atoms with van der Waals surface area (Å²) in [6.45, 7) is 7.59. The maximum absolute atomic E-state index is 10.8. The molecule has 0 rings (SSSR count). The lowest BCUT2D eigenvalue weighted by Crippen LogP contribution is -2.24. The molecule has 0 spiro atoms. The van der Waals surface area contributed by atoms with Gasteiger partial charge in [-0.2, -0.15) is 0 Å². The Hall–Kier alpha value is -0.860. The Morgan fingerprint density at radius 2 is 1.79 bits per heavy atom. The lowest BCUT2D eigenvalue weighted by atomic mass is 9.76. The van der Waals surface area contributed by atoms with Crippen LogP contribution in [0.2, 0.25) is 0 Å². The van der Waals surface area contributed by atoms with Crippen LogP contribution in [0.15, 0.2) is 0 Å². The lowest BCUT2D eigenvalue weighted by molar-refractivity contribution is -0.139. The summed E-state index contributed by atoms with van der Waals surface area (Å²) in [6, 6.07) is 0. The number of hydrogen-bond donors (Lipinski definition) is 1. The molecule has 14 heavy (non-hydrogen) atoms. The Labute approximate surface area is 85.5 Å². The summed E-state index contributed by atoms with van der Waals surface area (Å²) < 4.78 is 0. The van der Waals surface area contributed by atoms with Gasteiger partial charge in [0.15, 0.2) is 0 Å². The second kappa shape index (κ2) is 5.13. The Balaban J connectivity index is 4.26. The third-order valence-electron chi connectivity index (χ3n) is 2.49. The molecule has 0 aromatic carbocycles. The zero-order chi connectivity index (χ0) is 11.4. The standard InChI is InChI=1S/C11H20O3/c1-8(12)5-6-9(7-10(13)14)11(2,3)4/h9H,5-7H2,1-4H3,(H,13,14)/t9-/m1/s1. The van der Waals surface area contributed by atoms with Crippen LogP contribution >= 0.6 is 0 Å². The number of carboxylic acids is 1. The molecule has 0 amide bonds. The van der Waals surface area contributed by atoms with Gasteiger partial charge >= 0.3 is 5.97 Å². The number of rotatable bonds is 5. The Morgan fingerprint density at radius 3 is 2.07 bits per heavy atom. The van der Waals surface area contributed by atoms with E-state index < -0.39 is 5.97 Å². The van der Waals surface area contributed by atoms with Gasteiger partial charge in [-0.3, -0.25) is 4.79 Å². The van der Waals surface area contributed by atoms with Crippen LogP contribution in [0.5, 0.6) is 0 Å². The molecule has 0 aromatic heterocycles. The van der Waals surface area contributed by atoms with Gasteiger partial charge in [0, 0.05) is 12.8 Å². The average molecular weight is 200 g/mol. The van der Waals surface area contributed by atoms with Gasteiger partial charge in [-0.05, 0) is 24.7 Å². The summed E-state index contributed by atoms with van der Waals surface area (Å²) in [5.74, 6) is -0.581. The molecule has 0 aliphatic rings. The minimum absolute atomic E-state index is 0.0478. The van der Waals surface area contributed by atoms with Crippen molar-refractivity contribution >= 4 is 11.8 Å². The molecular weight excluding hydrogens is 180 g/mol. The predicted molar refractivity (Wildman–Crippen MR) is 55.1 cm³/mol. The normalized spacial score (nSPS) is 13.7. The summed E-state index contributed by atoms with van der Waals surface area (Å²) in [7, 11) is 0. The molecule has 0 saturated carbocycles. The van der Waals surface area contributed by atoms with Gasteiger partial charge in [0.2, 0.25) is 0 Å². The van der Waals surface area contributed by atoms with Gasteiger partial charge in [0.1, 0.15) is 5.78 Å². The van der Waals surface area contributed by atoms with Crippen molar-refractivity contribution in [1.82, 2.24) is 0 Å². The number of aliphatic carboxylic acids is 1. The van der Waals surface area contributed by atoms with E-state index in [-0.39, 0.29) is 23.5 Å². The molecule has 0 aliphatic heterocycles.